The smallest absolute Gasteiger partial charge is 0.120 e. The Morgan fingerprint density at radius 1 is 1.21 bits per heavy atom. The van der Waals surface area contributed by atoms with Gasteiger partial charge in [0, 0.05) is 6.04 Å². The fourth-order valence-electron chi connectivity index (χ4n) is 2.66. The molecule has 0 unspecified atom stereocenters. The van der Waals surface area contributed by atoms with Gasteiger partial charge in [0.2, 0.25) is 0 Å². The number of likely N-dealkylation sites (tertiary alicyclic amines) is 1. The fraction of sp³-hybridized carbons (Fsp3) is 0.750. The summed E-state index contributed by atoms with van der Waals surface area (Å²) in [5.74, 6) is 2.22. The van der Waals surface area contributed by atoms with Crippen molar-refractivity contribution in [2.45, 2.75) is 65.6 Å². The fourth-order valence-corrected chi connectivity index (χ4v) is 2.66. The van der Waals surface area contributed by atoms with E-state index in [-0.39, 0.29) is 0 Å². The molecular formula is C16H28N2O. The van der Waals surface area contributed by atoms with E-state index in [1.807, 2.05) is 0 Å². The molecule has 3 heteroatoms. The third-order valence-electron chi connectivity index (χ3n) is 3.82. The van der Waals surface area contributed by atoms with E-state index in [1.54, 1.807) is 0 Å². The minimum Gasteiger partial charge on any atom is -0.463 e. The van der Waals surface area contributed by atoms with Crippen LogP contribution in [0.1, 0.15) is 56.6 Å². The van der Waals surface area contributed by atoms with Crippen LogP contribution in [0.4, 0.5) is 0 Å². The molecule has 1 saturated heterocycles. The Labute approximate surface area is 117 Å². The van der Waals surface area contributed by atoms with Gasteiger partial charge in [0.1, 0.15) is 11.5 Å². The molecule has 1 aromatic rings. The Kier molecular flexibility index (Phi) is 5.46. The zero-order valence-electron chi connectivity index (χ0n) is 12.7. The maximum atomic E-state index is 6.00. The second kappa shape index (κ2) is 7.11. The van der Waals surface area contributed by atoms with E-state index in [9.17, 15) is 0 Å². The first-order valence-corrected chi connectivity index (χ1v) is 7.69. The van der Waals surface area contributed by atoms with E-state index in [0.717, 1.165) is 24.6 Å². The second-order valence-corrected chi connectivity index (χ2v) is 6.04. The highest BCUT2D eigenvalue weighted by Crippen LogP contribution is 2.18. The van der Waals surface area contributed by atoms with Crippen molar-refractivity contribution in [2.75, 3.05) is 13.1 Å². The molecule has 0 radical (unpaired) electrons. The highest BCUT2D eigenvalue weighted by Gasteiger charge is 2.13. The largest absolute Gasteiger partial charge is 0.463 e. The van der Waals surface area contributed by atoms with Gasteiger partial charge in [-0.25, -0.2) is 0 Å². The number of rotatable bonds is 5. The lowest BCUT2D eigenvalue weighted by Gasteiger charge is -2.17. The van der Waals surface area contributed by atoms with Crippen molar-refractivity contribution in [2.24, 2.45) is 0 Å². The minimum atomic E-state index is 0.499. The van der Waals surface area contributed by atoms with Gasteiger partial charge >= 0.3 is 0 Å². The van der Waals surface area contributed by atoms with Crippen molar-refractivity contribution in [1.29, 1.82) is 0 Å². The van der Waals surface area contributed by atoms with Gasteiger partial charge in [0.05, 0.1) is 13.1 Å². The molecule has 1 aliphatic heterocycles. The molecular weight excluding hydrogens is 236 g/mol. The maximum absolute atomic E-state index is 6.00. The summed E-state index contributed by atoms with van der Waals surface area (Å²) in [6.45, 7) is 10.7. The average molecular weight is 264 g/mol. The highest BCUT2D eigenvalue weighted by atomic mass is 16.3. The monoisotopic (exact) mass is 264 g/mol. The van der Waals surface area contributed by atoms with Gasteiger partial charge in [0.15, 0.2) is 0 Å². The molecule has 0 bridgehead atoms. The van der Waals surface area contributed by atoms with Crippen LogP contribution in [0.25, 0.3) is 0 Å². The molecule has 1 fully saturated rings. The predicted molar refractivity (Wildman–Crippen MR) is 79.2 cm³/mol. The van der Waals surface area contributed by atoms with Crippen molar-refractivity contribution in [1.82, 2.24) is 10.2 Å². The van der Waals surface area contributed by atoms with Crippen molar-refractivity contribution in [3.63, 3.8) is 0 Å². The lowest BCUT2D eigenvalue weighted by Crippen LogP contribution is -2.23. The predicted octanol–water partition coefficient (Wildman–Crippen LogP) is 3.46. The van der Waals surface area contributed by atoms with Gasteiger partial charge in [0.25, 0.3) is 0 Å². The Morgan fingerprint density at radius 2 is 1.89 bits per heavy atom. The molecule has 2 heterocycles. The minimum absolute atomic E-state index is 0.499. The maximum Gasteiger partial charge on any atom is 0.120 e. The molecule has 19 heavy (non-hydrogen) atoms. The van der Waals surface area contributed by atoms with Crippen LogP contribution in [0, 0.1) is 6.92 Å². The number of hydrogen-bond acceptors (Lipinski definition) is 3. The van der Waals surface area contributed by atoms with Gasteiger partial charge in [-0.1, -0.05) is 26.7 Å². The molecule has 2 rings (SSSR count). The van der Waals surface area contributed by atoms with E-state index in [4.69, 9.17) is 4.42 Å². The number of furan rings is 1. The first-order chi connectivity index (χ1) is 9.15. The average Bonchev–Trinajstić information content (AvgIpc) is 2.56. The number of nitrogens with one attached hydrogen (secondary N) is 1. The summed E-state index contributed by atoms with van der Waals surface area (Å²) in [4.78, 5) is 2.53. The van der Waals surface area contributed by atoms with E-state index < -0.39 is 0 Å². The third-order valence-corrected chi connectivity index (χ3v) is 3.82. The standard InChI is InChI=1S/C16H28N2O/c1-13(2)17-11-16-14(3)10-15(19-16)12-18-8-6-4-5-7-9-18/h10,13,17H,4-9,11-12H2,1-3H3. The molecule has 0 atom stereocenters. The van der Waals surface area contributed by atoms with E-state index in [1.165, 1.54) is 44.3 Å². The lowest BCUT2D eigenvalue weighted by atomic mass is 10.2. The Bertz CT molecular complexity index is 376. The first-order valence-electron chi connectivity index (χ1n) is 7.69. The van der Waals surface area contributed by atoms with Crippen molar-refractivity contribution in [3.05, 3.63) is 23.2 Å². The van der Waals surface area contributed by atoms with Crippen LogP contribution in [0.5, 0.6) is 0 Å². The molecule has 0 aliphatic carbocycles. The van der Waals surface area contributed by atoms with Gasteiger partial charge in [-0.2, -0.15) is 0 Å². The molecule has 0 saturated carbocycles. The van der Waals surface area contributed by atoms with Crippen LogP contribution in [0.15, 0.2) is 10.5 Å². The zero-order valence-corrected chi connectivity index (χ0v) is 12.7. The van der Waals surface area contributed by atoms with Crippen LogP contribution >= 0.6 is 0 Å². The summed E-state index contributed by atoms with van der Waals surface area (Å²) < 4.78 is 6.00. The Morgan fingerprint density at radius 3 is 2.53 bits per heavy atom. The van der Waals surface area contributed by atoms with Gasteiger partial charge in [-0.05, 0) is 44.5 Å². The summed E-state index contributed by atoms with van der Waals surface area (Å²) in [5, 5.41) is 3.42. The summed E-state index contributed by atoms with van der Waals surface area (Å²) >= 11 is 0. The molecule has 0 amide bonds. The summed E-state index contributed by atoms with van der Waals surface area (Å²) in [6, 6.07) is 2.71. The molecule has 0 spiro atoms. The quantitative estimate of drug-likeness (QED) is 0.883. The van der Waals surface area contributed by atoms with Crippen molar-refractivity contribution in [3.8, 4) is 0 Å². The third kappa shape index (κ3) is 4.66. The van der Waals surface area contributed by atoms with E-state index >= 15 is 0 Å². The highest BCUT2D eigenvalue weighted by molar-refractivity contribution is 5.20. The van der Waals surface area contributed by atoms with Crippen LogP contribution in [0.2, 0.25) is 0 Å². The molecule has 1 aliphatic rings. The molecule has 1 N–H and O–H groups in total. The first kappa shape index (κ1) is 14.6. The summed E-state index contributed by atoms with van der Waals surface area (Å²) in [7, 11) is 0. The molecule has 108 valence electrons. The van der Waals surface area contributed by atoms with Crippen molar-refractivity contribution >= 4 is 0 Å². The zero-order chi connectivity index (χ0) is 13.7. The lowest BCUT2D eigenvalue weighted by molar-refractivity contribution is 0.249. The van der Waals surface area contributed by atoms with E-state index in [2.05, 4.69) is 37.1 Å². The van der Waals surface area contributed by atoms with Gasteiger partial charge in [-0.15, -0.1) is 0 Å². The van der Waals surface area contributed by atoms with Crippen LogP contribution in [-0.2, 0) is 13.1 Å². The van der Waals surface area contributed by atoms with Crippen LogP contribution < -0.4 is 5.32 Å². The SMILES string of the molecule is Cc1cc(CN2CCCCCC2)oc1CNC(C)C. The van der Waals surface area contributed by atoms with Crippen molar-refractivity contribution < 1.29 is 4.42 Å². The number of nitrogens with zero attached hydrogens (tertiary/aromatic N) is 1. The Balaban J connectivity index is 1.91. The topological polar surface area (TPSA) is 28.4 Å². The summed E-state index contributed by atoms with van der Waals surface area (Å²) in [5.41, 5.74) is 1.28. The van der Waals surface area contributed by atoms with Crippen LogP contribution in [0.3, 0.4) is 0 Å². The Hall–Kier alpha value is -0.800. The van der Waals surface area contributed by atoms with Gasteiger partial charge in [-0.3, -0.25) is 4.90 Å². The molecule has 1 aromatic heterocycles. The van der Waals surface area contributed by atoms with E-state index in [0.29, 0.717) is 6.04 Å². The normalized spacial score (nSPS) is 17.9. The summed E-state index contributed by atoms with van der Waals surface area (Å²) in [6.07, 6.45) is 5.44. The van der Waals surface area contributed by atoms with Gasteiger partial charge < -0.3 is 9.73 Å². The second-order valence-electron chi connectivity index (χ2n) is 6.04. The molecule has 0 aromatic carbocycles. The van der Waals surface area contributed by atoms with Crippen LogP contribution in [-0.4, -0.2) is 24.0 Å². The number of hydrogen-bond donors (Lipinski definition) is 1. The number of aryl methyl sites for hydroxylation is 1. The molecule has 3 nitrogen and oxygen atoms in total.